The maximum absolute atomic E-state index is 12.8. The van der Waals surface area contributed by atoms with Crippen molar-refractivity contribution in [1.82, 2.24) is 10.2 Å². The number of esters is 1. The molecular weight excluding hydrogens is 380 g/mol. The average molecular weight is 400 g/mol. The zero-order valence-corrected chi connectivity index (χ0v) is 16.6. The maximum atomic E-state index is 12.8. The van der Waals surface area contributed by atoms with Crippen LogP contribution in [-0.2, 0) is 4.74 Å². The molecule has 6 nitrogen and oxygen atoms in total. The molecule has 150 valence electrons. The van der Waals surface area contributed by atoms with Crippen molar-refractivity contribution in [3.63, 3.8) is 0 Å². The molecule has 0 amide bonds. The third-order valence-electron chi connectivity index (χ3n) is 4.42. The van der Waals surface area contributed by atoms with E-state index in [9.17, 15) is 4.79 Å². The van der Waals surface area contributed by atoms with Gasteiger partial charge >= 0.3 is 5.97 Å². The molecule has 30 heavy (non-hydrogen) atoms. The van der Waals surface area contributed by atoms with Crippen LogP contribution in [0.4, 0.5) is 0 Å². The summed E-state index contributed by atoms with van der Waals surface area (Å²) in [5, 5.41) is 8.10. The molecule has 1 aromatic heterocycles. The molecule has 0 N–H and O–H groups in total. The zero-order chi connectivity index (χ0) is 20.9. The van der Waals surface area contributed by atoms with Gasteiger partial charge < -0.3 is 13.9 Å². The molecule has 1 atom stereocenters. The number of ether oxygens (including phenoxy) is 2. The van der Waals surface area contributed by atoms with Crippen LogP contribution in [0.25, 0.3) is 11.5 Å². The monoisotopic (exact) mass is 400 g/mol. The fraction of sp³-hybridized carbons (Fsp3) is 0.125. The number of hydrogen-bond donors (Lipinski definition) is 0. The minimum Gasteiger partial charge on any atom is -0.456 e. The van der Waals surface area contributed by atoms with Crippen molar-refractivity contribution in [2.45, 2.75) is 20.0 Å². The number of aromatic nitrogens is 2. The van der Waals surface area contributed by atoms with Crippen LogP contribution in [0.15, 0.2) is 83.3 Å². The molecule has 0 saturated heterocycles. The van der Waals surface area contributed by atoms with E-state index in [-0.39, 0.29) is 5.89 Å². The van der Waals surface area contributed by atoms with Gasteiger partial charge in [-0.15, -0.1) is 10.2 Å². The molecule has 3 aromatic carbocycles. The molecule has 0 spiro atoms. The Morgan fingerprint density at radius 2 is 1.70 bits per heavy atom. The van der Waals surface area contributed by atoms with Crippen molar-refractivity contribution in [3.05, 3.63) is 95.9 Å². The molecule has 6 heteroatoms. The highest BCUT2D eigenvalue weighted by Crippen LogP contribution is 2.28. The Labute approximate surface area is 174 Å². The van der Waals surface area contributed by atoms with Crippen molar-refractivity contribution in [2.75, 3.05) is 0 Å². The van der Waals surface area contributed by atoms with E-state index in [0.29, 0.717) is 23.0 Å². The summed E-state index contributed by atoms with van der Waals surface area (Å²) >= 11 is 0. The van der Waals surface area contributed by atoms with Gasteiger partial charge in [0.15, 0.2) is 6.10 Å². The minimum absolute atomic E-state index is 0.223. The fourth-order valence-electron chi connectivity index (χ4n) is 2.91. The lowest BCUT2D eigenvalue weighted by atomic mass is 10.1. The highest BCUT2D eigenvalue weighted by molar-refractivity contribution is 5.92. The summed E-state index contributed by atoms with van der Waals surface area (Å²) in [6.07, 6.45) is -0.714. The van der Waals surface area contributed by atoms with Crippen LogP contribution in [0.1, 0.15) is 34.8 Å². The van der Waals surface area contributed by atoms with Crippen molar-refractivity contribution >= 4 is 5.97 Å². The molecule has 4 aromatic rings. The van der Waals surface area contributed by atoms with Gasteiger partial charge in [-0.25, -0.2) is 4.79 Å². The number of carbonyl (C=O) groups is 1. The van der Waals surface area contributed by atoms with Gasteiger partial charge in [0, 0.05) is 5.56 Å². The number of hydrogen-bond acceptors (Lipinski definition) is 6. The van der Waals surface area contributed by atoms with Crippen LogP contribution in [-0.4, -0.2) is 16.2 Å². The summed E-state index contributed by atoms with van der Waals surface area (Å²) in [4.78, 5) is 12.8. The maximum Gasteiger partial charge on any atom is 0.342 e. The second-order valence-corrected chi connectivity index (χ2v) is 6.77. The summed E-state index contributed by atoms with van der Waals surface area (Å²) in [6.45, 7) is 3.67. The molecule has 0 bridgehead atoms. The van der Waals surface area contributed by atoms with E-state index in [4.69, 9.17) is 13.9 Å². The summed E-state index contributed by atoms with van der Waals surface area (Å²) in [5.74, 6) is 1.10. The predicted molar refractivity (Wildman–Crippen MR) is 111 cm³/mol. The molecule has 0 aliphatic carbocycles. The first-order valence-electron chi connectivity index (χ1n) is 9.53. The lowest BCUT2D eigenvalue weighted by Gasteiger charge is -2.13. The van der Waals surface area contributed by atoms with E-state index in [1.165, 1.54) is 0 Å². The van der Waals surface area contributed by atoms with Crippen molar-refractivity contribution in [1.29, 1.82) is 0 Å². The van der Waals surface area contributed by atoms with Gasteiger partial charge in [0.25, 0.3) is 5.89 Å². The lowest BCUT2D eigenvalue weighted by molar-refractivity contribution is 0.0277. The average Bonchev–Trinajstić information content (AvgIpc) is 3.25. The SMILES string of the molecule is Cc1cccc(-c2nnc(C(C)OC(=O)c3ccccc3Oc3ccccc3)o2)c1. The number of nitrogens with zero attached hydrogens (tertiary/aromatic N) is 2. The molecule has 1 heterocycles. The van der Waals surface area contributed by atoms with Gasteiger partial charge in [-0.2, -0.15) is 0 Å². The van der Waals surface area contributed by atoms with E-state index in [2.05, 4.69) is 10.2 Å². The number of para-hydroxylation sites is 2. The second-order valence-electron chi connectivity index (χ2n) is 6.77. The molecule has 0 fully saturated rings. The van der Waals surface area contributed by atoms with Crippen LogP contribution in [0.2, 0.25) is 0 Å². The van der Waals surface area contributed by atoms with Crippen LogP contribution in [0.3, 0.4) is 0 Å². The molecule has 4 rings (SSSR count). The molecule has 0 saturated carbocycles. The highest BCUT2D eigenvalue weighted by Gasteiger charge is 2.22. The normalized spacial score (nSPS) is 11.7. The smallest absolute Gasteiger partial charge is 0.342 e. The van der Waals surface area contributed by atoms with Crippen LogP contribution in [0, 0.1) is 6.92 Å². The summed E-state index contributed by atoms with van der Waals surface area (Å²) in [5.41, 5.74) is 2.21. The third kappa shape index (κ3) is 4.38. The zero-order valence-electron chi connectivity index (χ0n) is 16.6. The standard InChI is InChI=1S/C24H20N2O4/c1-16-9-8-10-18(15-16)23-26-25-22(30-23)17(2)28-24(27)20-13-6-7-14-21(20)29-19-11-4-3-5-12-19/h3-15,17H,1-2H3. The molecule has 0 aliphatic rings. The quantitative estimate of drug-likeness (QED) is 0.383. The van der Waals surface area contributed by atoms with Crippen molar-refractivity contribution in [3.8, 4) is 23.0 Å². The Morgan fingerprint density at radius 1 is 0.933 bits per heavy atom. The molecule has 0 aliphatic heterocycles. The topological polar surface area (TPSA) is 74.5 Å². The Kier molecular flexibility index (Phi) is 5.57. The Morgan fingerprint density at radius 3 is 2.50 bits per heavy atom. The van der Waals surface area contributed by atoms with Crippen molar-refractivity contribution < 1.29 is 18.7 Å². The van der Waals surface area contributed by atoms with Gasteiger partial charge in [0.2, 0.25) is 5.89 Å². The van der Waals surface area contributed by atoms with Crippen LogP contribution in [0.5, 0.6) is 11.5 Å². The van der Waals surface area contributed by atoms with Crippen LogP contribution >= 0.6 is 0 Å². The van der Waals surface area contributed by atoms with E-state index in [1.807, 2.05) is 61.5 Å². The van der Waals surface area contributed by atoms with Crippen LogP contribution < -0.4 is 4.74 Å². The first kappa shape index (κ1) is 19.4. The number of carbonyl (C=O) groups excluding carboxylic acids is 1. The van der Waals surface area contributed by atoms with Crippen molar-refractivity contribution in [2.24, 2.45) is 0 Å². The van der Waals surface area contributed by atoms with Gasteiger partial charge in [-0.05, 0) is 50.2 Å². The van der Waals surface area contributed by atoms with E-state index < -0.39 is 12.1 Å². The van der Waals surface area contributed by atoms with Gasteiger partial charge in [0.1, 0.15) is 17.1 Å². The number of benzene rings is 3. The van der Waals surface area contributed by atoms with E-state index in [0.717, 1.165) is 11.1 Å². The van der Waals surface area contributed by atoms with E-state index in [1.54, 1.807) is 31.2 Å². The third-order valence-corrected chi connectivity index (χ3v) is 4.42. The first-order valence-corrected chi connectivity index (χ1v) is 9.53. The molecule has 1 unspecified atom stereocenters. The first-order chi connectivity index (χ1) is 14.6. The minimum atomic E-state index is -0.714. The predicted octanol–water partition coefficient (Wildman–Crippen LogP) is 5.76. The largest absolute Gasteiger partial charge is 0.456 e. The summed E-state index contributed by atoms with van der Waals surface area (Å²) in [6, 6.07) is 23.9. The van der Waals surface area contributed by atoms with Gasteiger partial charge in [0.05, 0.1) is 0 Å². The second kappa shape index (κ2) is 8.61. The van der Waals surface area contributed by atoms with Gasteiger partial charge in [-0.3, -0.25) is 0 Å². The summed E-state index contributed by atoms with van der Waals surface area (Å²) < 4.78 is 17.1. The van der Waals surface area contributed by atoms with Gasteiger partial charge in [-0.1, -0.05) is 48.0 Å². The Hall–Kier alpha value is -3.93. The van der Waals surface area contributed by atoms with E-state index >= 15 is 0 Å². The summed E-state index contributed by atoms with van der Waals surface area (Å²) in [7, 11) is 0. The number of rotatable bonds is 6. The molecule has 0 radical (unpaired) electrons. The lowest BCUT2D eigenvalue weighted by Crippen LogP contribution is -2.10. The highest BCUT2D eigenvalue weighted by atomic mass is 16.6. The Bertz CT molecular complexity index is 1150. The number of aryl methyl sites for hydroxylation is 1. The Balaban J connectivity index is 1.49. The fourth-order valence-corrected chi connectivity index (χ4v) is 2.91. The molecular formula is C24H20N2O4.